The fourth-order valence-electron chi connectivity index (χ4n) is 3.36. The summed E-state index contributed by atoms with van der Waals surface area (Å²) >= 11 is 0. The Bertz CT molecular complexity index is 614. The van der Waals surface area contributed by atoms with Crippen molar-refractivity contribution < 1.29 is 14.3 Å². The molecular formula is C18H24N2O3. The molecule has 1 fully saturated rings. The highest BCUT2D eigenvalue weighted by molar-refractivity contribution is 6.00. The van der Waals surface area contributed by atoms with Crippen molar-refractivity contribution in [2.75, 3.05) is 5.32 Å². The molecule has 124 valence electrons. The minimum absolute atomic E-state index is 0.0579. The first-order chi connectivity index (χ1) is 11.0. The fraction of sp³-hybridized carbons (Fsp3) is 0.556. The molecule has 1 heterocycles. The second kappa shape index (κ2) is 6.60. The van der Waals surface area contributed by atoms with Gasteiger partial charge >= 0.3 is 0 Å². The third-order valence-electron chi connectivity index (χ3n) is 4.78. The Morgan fingerprint density at radius 1 is 1.35 bits per heavy atom. The maximum atomic E-state index is 12.3. The lowest BCUT2D eigenvalue weighted by Gasteiger charge is -2.30. The van der Waals surface area contributed by atoms with Crippen LogP contribution in [0.5, 0.6) is 5.75 Å². The van der Waals surface area contributed by atoms with Gasteiger partial charge in [-0.15, -0.1) is 0 Å². The molecule has 0 saturated heterocycles. The van der Waals surface area contributed by atoms with E-state index >= 15 is 0 Å². The van der Waals surface area contributed by atoms with Gasteiger partial charge in [-0.1, -0.05) is 25.8 Å². The van der Waals surface area contributed by atoms with E-state index in [-0.39, 0.29) is 24.3 Å². The van der Waals surface area contributed by atoms with Crippen LogP contribution in [-0.4, -0.2) is 24.0 Å². The molecule has 3 atom stereocenters. The van der Waals surface area contributed by atoms with Gasteiger partial charge in [0, 0.05) is 6.04 Å². The monoisotopic (exact) mass is 316 g/mol. The lowest BCUT2D eigenvalue weighted by molar-refractivity contribution is -0.131. The minimum atomic E-state index is -0.760. The summed E-state index contributed by atoms with van der Waals surface area (Å²) in [7, 11) is 0. The summed E-state index contributed by atoms with van der Waals surface area (Å²) in [4.78, 5) is 24.4. The number of rotatable bonds is 3. The SMILES string of the molecule is Cc1ccc2c(c1)NC(=O)[C@H](CC(=O)N[C@H]1CCCC[C@@H]1C)O2. The molecule has 0 aromatic heterocycles. The molecule has 2 N–H and O–H groups in total. The van der Waals surface area contributed by atoms with Crippen molar-refractivity contribution in [3.63, 3.8) is 0 Å². The largest absolute Gasteiger partial charge is 0.478 e. The highest BCUT2D eigenvalue weighted by Gasteiger charge is 2.31. The third-order valence-corrected chi connectivity index (χ3v) is 4.78. The molecule has 5 nitrogen and oxygen atoms in total. The summed E-state index contributed by atoms with van der Waals surface area (Å²) in [6.45, 7) is 4.13. The number of anilines is 1. The molecule has 2 aliphatic rings. The molecule has 1 saturated carbocycles. The number of amides is 2. The van der Waals surface area contributed by atoms with Gasteiger partial charge in [0.15, 0.2) is 6.10 Å². The maximum Gasteiger partial charge on any atom is 0.266 e. The van der Waals surface area contributed by atoms with Gasteiger partial charge in [0.25, 0.3) is 5.91 Å². The summed E-state index contributed by atoms with van der Waals surface area (Å²) in [5.41, 5.74) is 1.72. The Morgan fingerprint density at radius 2 is 2.13 bits per heavy atom. The van der Waals surface area contributed by atoms with Crippen LogP contribution in [0, 0.1) is 12.8 Å². The smallest absolute Gasteiger partial charge is 0.266 e. The van der Waals surface area contributed by atoms with E-state index in [0.29, 0.717) is 17.4 Å². The molecule has 0 bridgehead atoms. The quantitative estimate of drug-likeness (QED) is 0.901. The molecule has 0 unspecified atom stereocenters. The van der Waals surface area contributed by atoms with Crippen molar-refractivity contribution in [3.8, 4) is 5.75 Å². The zero-order valence-electron chi connectivity index (χ0n) is 13.7. The van der Waals surface area contributed by atoms with Crippen LogP contribution in [0.3, 0.4) is 0 Å². The van der Waals surface area contributed by atoms with Gasteiger partial charge in [-0.2, -0.15) is 0 Å². The first-order valence-corrected chi connectivity index (χ1v) is 8.40. The van der Waals surface area contributed by atoms with Crippen molar-refractivity contribution >= 4 is 17.5 Å². The predicted molar refractivity (Wildman–Crippen MR) is 88.4 cm³/mol. The van der Waals surface area contributed by atoms with Crippen molar-refractivity contribution in [2.24, 2.45) is 5.92 Å². The molecule has 1 aliphatic carbocycles. The van der Waals surface area contributed by atoms with E-state index in [0.717, 1.165) is 24.8 Å². The summed E-state index contributed by atoms with van der Waals surface area (Å²) < 4.78 is 5.71. The van der Waals surface area contributed by atoms with E-state index in [1.807, 2.05) is 25.1 Å². The van der Waals surface area contributed by atoms with E-state index in [2.05, 4.69) is 17.6 Å². The average molecular weight is 316 g/mol. The summed E-state index contributed by atoms with van der Waals surface area (Å²) in [6.07, 6.45) is 3.86. The zero-order chi connectivity index (χ0) is 16.4. The van der Waals surface area contributed by atoms with Gasteiger partial charge in [0.2, 0.25) is 5.91 Å². The zero-order valence-corrected chi connectivity index (χ0v) is 13.7. The van der Waals surface area contributed by atoms with Crippen LogP contribution in [0.1, 0.15) is 44.6 Å². The van der Waals surface area contributed by atoms with Gasteiger partial charge in [0.1, 0.15) is 5.75 Å². The second-order valence-corrected chi connectivity index (χ2v) is 6.74. The molecule has 23 heavy (non-hydrogen) atoms. The number of aryl methyl sites for hydroxylation is 1. The number of carbonyl (C=O) groups excluding carboxylic acids is 2. The number of carbonyl (C=O) groups is 2. The number of ether oxygens (including phenoxy) is 1. The predicted octanol–water partition coefficient (Wildman–Crippen LogP) is 2.78. The fourth-order valence-corrected chi connectivity index (χ4v) is 3.36. The minimum Gasteiger partial charge on any atom is -0.478 e. The normalized spacial score (nSPS) is 26.7. The van der Waals surface area contributed by atoms with Crippen LogP contribution in [-0.2, 0) is 9.59 Å². The van der Waals surface area contributed by atoms with Crippen molar-refractivity contribution in [1.29, 1.82) is 0 Å². The maximum absolute atomic E-state index is 12.3. The Kier molecular flexibility index (Phi) is 4.55. The Balaban J connectivity index is 1.60. The molecule has 5 heteroatoms. The van der Waals surface area contributed by atoms with Crippen LogP contribution < -0.4 is 15.4 Å². The first-order valence-electron chi connectivity index (χ1n) is 8.40. The standard InChI is InChI=1S/C18H24N2O3/c1-11-7-8-15-14(9-11)20-18(22)16(23-15)10-17(21)19-13-6-4-3-5-12(13)2/h7-9,12-13,16H,3-6,10H2,1-2H3,(H,19,21)(H,20,22)/t12-,13-,16-/m0/s1. The Morgan fingerprint density at radius 3 is 2.91 bits per heavy atom. The highest BCUT2D eigenvalue weighted by Crippen LogP contribution is 2.31. The number of benzene rings is 1. The summed E-state index contributed by atoms with van der Waals surface area (Å²) in [5, 5.41) is 5.90. The lowest BCUT2D eigenvalue weighted by atomic mass is 9.86. The van der Waals surface area contributed by atoms with Crippen LogP contribution >= 0.6 is 0 Å². The van der Waals surface area contributed by atoms with E-state index in [1.54, 1.807) is 0 Å². The Hall–Kier alpha value is -2.04. The number of fused-ring (bicyclic) bond motifs is 1. The Labute approximate surface area is 136 Å². The molecule has 0 spiro atoms. The first kappa shape index (κ1) is 15.8. The van der Waals surface area contributed by atoms with E-state index in [1.165, 1.54) is 6.42 Å². The van der Waals surface area contributed by atoms with E-state index in [4.69, 9.17) is 4.74 Å². The number of nitrogens with one attached hydrogen (secondary N) is 2. The topological polar surface area (TPSA) is 67.4 Å². The van der Waals surface area contributed by atoms with Crippen molar-refractivity contribution in [1.82, 2.24) is 5.32 Å². The van der Waals surface area contributed by atoms with Crippen LogP contribution in [0.4, 0.5) is 5.69 Å². The van der Waals surface area contributed by atoms with Crippen LogP contribution in [0.2, 0.25) is 0 Å². The summed E-state index contributed by atoms with van der Waals surface area (Å²) in [5.74, 6) is 0.756. The molecule has 3 rings (SSSR count). The van der Waals surface area contributed by atoms with E-state index in [9.17, 15) is 9.59 Å². The molecule has 2 amide bonds. The van der Waals surface area contributed by atoms with Gasteiger partial charge in [-0.25, -0.2) is 0 Å². The summed E-state index contributed by atoms with van der Waals surface area (Å²) in [6, 6.07) is 5.85. The van der Waals surface area contributed by atoms with Gasteiger partial charge in [-0.3, -0.25) is 9.59 Å². The highest BCUT2D eigenvalue weighted by atomic mass is 16.5. The van der Waals surface area contributed by atoms with Crippen LogP contribution in [0.15, 0.2) is 18.2 Å². The van der Waals surface area contributed by atoms with Gasteiger partial charge < -0.3 is 15.4 Å². The van der Waals surface area contributed by atoms with Gasteiger partial charge in [0.05, 0.1) is 12.1 Å². The lowest BCUT2D eigenvalue weighted by Crippen LogP contribution is -2.45. The number of hydrogen-bond donors (Lipinski definition) is 2. The average Bonchev–Trinajstić information content (AvgIpc) is 2.50. The molecule has 1 aromatic rings. The van der Waals surface area contributed by atoms with E-state index < -0.39 is 6.10 Å². The molecule has 0 radical (unpaired) electrons. The molecule has 1 aromatic carbocycles. The van der Waals surface area contributed by atoms with Crippen molar-refractivity contribution in [3.05, 3.63) is 23.8 Å². The third kappa shape index (κ3) is 3.66. The van der Waals surface area contributed by atoms with Gasteiger partial charge in [-0.05, 0) is 43.4 Å². The molecule has 1 aliphatic heterocycles. The number of hydrogen-bond acceptors (Lipinski definition) is 3. The molecular weight excluding hydrogens is 292 g/mol. The second-order valence-electron chi connectivity index (χ2n) is 6.74. The van der Waals surface area contributed by atoms with Crippen molar-refractivity contribution in [2.45, 2.75) is 58.1 Å². The van der Waals surface area contributed by atoms with Crippen LogP contribution in [0.25, 0.3) is 0 Å².